The second-order valence-electron chi connectivity index (χ2n) is 4.13. The molecule has 1 unspecified atom stereocenters. The molecule has 1 rings (SSSR count). The molecule has 0 bridgehead atoms. The van der Waals surface area contributed by atoms with Crippen LogP contribution in [0.25, 0.3) is 0 Å². The van der Waals surface area contributed by atoms with Gasteiger partial charge in [0, 0.05) is 12.1 Å². The molecule has 1 saturated carbocycles. The molecule has 90 valence electrons. The van der Waals surface area contributed by atoms with E-state index >= 15 is 0 Å². The monoisotopic (exact) mass is 225 g/mol. The van der Waals surface area contributed by atoms with E-state index in [-0.39, 0.29) is 11.9 Å². The van der Waals surface area contributed by atoms with Crippen LogP contribution in [0.1, 0.15) is 39.0 Å². The molecule has 16 heavy (non-hydrogen) atoms. The quantitative estimate of drug-likeness (QED) is 0.583. The maximum atomic E-state index is 11.6. The lowest BCUT2D eigenvalue weighted by atomic mass is 9.95. The van der Waals surface area contributed by atoms with E-state index in [9.17, 15) is 9.59 Å². The van der Waals surface area contributed by atoms with Crippen LogP contribution in [0, 0.1) is 0 Å². The Morgan fingerprint density at radius 2 is 2.00 bits per heavy atom. The summed E-state index contributed by atoms with van der Waals surface area (Å²) >= 11 is 0. The Hall–Kier alpha value is -1.32. The Bertz CT molecular complexity index is 269. The van der Waals surface area contributed by atoms with Gasteiger partial charge in [0.25, 0.3) is 5.91 Å². The van der Waals surface area contributed by atoms with Gasteiger partial charge in [0.05, 0.1) is 0 Å². The van der Waals surface area contributed by atoms with E-state index in [4.69, 9.17) is 4.74 Å². The van der Waals surface area contributed by atoms with E-state index in [0.717, 1.165) is 31.8 Å². The lowest BCUT2D eigenvalue weighted by Gasteiger charge is -2.24. The second kappa shape index (κ2) is 6.30. The van der Waals surface area contributed by atoms with Crippen molar-refractivity contribution in [1.82, 2.24) is 5.32 Å². The van der Waals surface area contributed by atoms with E-state index in [1.54, 1.807) is 6.92 Å². The van der Waals surface area contributed by atoms with Crippen molar-refractivity contribution in [3.05, 3.63) is 12.7 Å². The molecule has 0 spiro atoms. The molecule has 1 atom stereocenters. The molecule has 0 aromatic rings. The number of nitrogens with one attached hydrogen (secondary N) is 1. The van der Waals surface area contributed by atoms with Crippen molar-refractivity contribution < 1.29 is 14.3 Å². The van der Waals surface area contributed by atoms with Crippen molar-refractivity contribution in [3.63, 3.8) is 0 Å². The van der Waals surface area contributed by atoms with Crippen LogP contribution in [-0.4, -0.2) is 24.0 Å². The van der Waals surface area contributed by atoms with Crippen LogP contribution in [0.3, 0.4) is 0 Å². The first kappa shape index (κ1) is 12.7. The molecule has 1 N–H and O–H groups in total. The van der Waals surface area contributed by atoms with Gasteiger partial charge in [-0.25, -0.2) is 4.79 Å². The van der Waals surface area contributed by atoms with Crippen LogP contribution >= 0.6 is 0 Å². The van der Waals surface area contributed by atoms with Gasteiger partial charge in [-0.15, -0.1) is 0 Å². The van der Waals surface area contributed by atoms with Crippen molar-refractivity contribution in [3.8, 4) is 0 Å². The number of ether oxygens (including phenoxy) is 1. The molecule has 4 heteroatoms. The van der Waals surface area contributed by atoms with Gasteiger partial charge >= 0.3 is 5.97 Å². The summed E-state index contributed by atoms with van der Waals surface area (Å²) in [7, 11) is 0. The maximum Gasteiger partial charge on any atom is 0.330 e. The van der Waals surface area contributed by atoms with Crippen LogP contribution in [0.2, 0.25) is 0 Å². The molecule has 1 fully saturated rings. The Morgan fingerprint density at radius 1 is 1.38 bits per heavy atom. The van der Waals surface area contributed by atoms with Gasteiger partial charge in [-0.2, -0.15) is 0 Å². The first-order valence-corrected chi connectivity index (χ1v) is 5.77. The largest absolute Gasteiger partial charge is 0.449 e. The third-order valence-electron chi connectivity index (χ3n) is 2.78. The molecule has 1 aliphatic carbocycles. The molecule has 0 aromatic heterocycles. The van der Waals surface area contributed by atoms with Crippen molar-refractivity contribution in [2.24, 2.45) is 0 Å². The van der Waals surface area contributed by atoms with E-state index in [1.807, 2.05) is 0 Å². The third-order valence-corrected chi connectivity index (χ3v) is 2.78. The number of esters is 1. The van der Waals surface area contributed by atoms with Crippen molar-refractivity contribution in [2.75, 3.05) is 0 Å². The predicted molar refractivity (Wildman–Crippen MR) is 60.8 cm³/mol. The van der Waals surface area contributed by atoms with Crippen molar-refractivity contribution in [1.29, 1.82) is 0 Å². The van der Waals surface area contributed by atoms with E-state index in [1.165, 1.54) is 6.42 Å². The van der Waals surface area contributed by atoms with E-state index in [2.05, 4.69) is 11.9 Å². The zero-order chi connectivity index (χ0) is 12.0. The predicted octanol–water partition coefficient (Wildman–Crippen LogP) is 1.55. The topological polar surface area (TPSA) is 55.4 Å². The summed E-state index contributed by atoms with van der Waals surface area (Å²) in [6.45, 7) is 4.85. The maximum absolute atomic E-state index is 11.6. The highest BCUT2D eigenvalue weighted by molar-refractivity contribution is 5.87. The van der Waals surface area contributed by atoms with Gasteiger partial charge in [0.2, 0.25) is 0 Å². The highest BCUT2D eigenvalue weighted by atomic mass is 16.5. The van der Waals surface area contributed by atoms with E-state index < -0.39 is 12.1 Å². The van der Waals surface area contributed by atoms with Gasteiger partial charge in [0.15, 0.2) is 6.10 Å². The molecular weight excluding hydrogens is 206 g/mol. The zero-order valence-electron chi connectivity index (χ0n) is 9.70. The summed E-state index contributed by atoms with van der Waals surface area (Å²) in [5.41, 5.74) is 0. The standard InChI is InChI=1S/C12H19NO3/c1-3-11(14)16-9(2)12(15)13-10-7-5-4-6-8-10/h3,9-10H,1,4-8H2,2H3,(H,13,15). The fourth-order valence-corrected chi connectivity index (χ4v) is 1.84. The fraction of sp³-hybridized carbons (Fsp3) is 0.667. The lowest BCUT2D eigenvalue weighted by Crippen LogP contribution is -2.42. The van der Waals surface area contributed by atoms with Crippen LogP contribution in [0.5, 0.6) is 0 Å². The normalized spacial score (nSPS) is 18.6. The highest BCUT2D eigenvalue weighted by Crippen LogP contribution is 2.17. The Kier molecular flexibility index (Phi) is 5.02. The molecule has 4 nitrogen and oxygen atoms in total. The number of amides is 1. The lowest BCUT2D eigenvalue weighted by molar-refractivity contribution is -0.150. The molecule has 1 amide bonds. The smallest absolute Gasteiger partial charge is 0.330 e. The van der Waals surface area contributed by atoms with Gasteiger partial charge in [0.1, 0.15) is 0 Å². The molecule has 0 heterocycles. The van der Waals surface area contributed by atoms with Gasteiger partial charge in [-0.3, -0.25) is 4.79 Å². The zero-order valence-corrected chi connectivity index (χ0v) is 9.70. The molecule has 0 radical (unpaired) electrons. The summed E-state index contributed by atoms with van der Waals surface area (Å²) in [5.74, 6) is -0.784. The summed E-state index contributed by atoms with van der Waals surface area (Å²) in [5, 5.41) is 2.90. The van der Waals surface area contributed by atoms with Crippen molar-refractivity contribution >= 4 is 11.9 Å². The number of hydrogen-bond donors (Lipinski definition) is 1. The molecule has 1 aliphatic rings. The molecule has 0 saturated heterocycles. The highest BCUT2D eigenvalue weighted by Gasteiger charge is 2.21. The average molecular weight is 225 g/mol. The Morgan fingerprint density at radius 3 is 2.56 bits per heavy atom. The average Bonchev–Trinajstić information content (AvgIpc) is 2.30. The van der Waals surface area contributed by atoms with Crippen LogP contribution in [0.15, 0.2) is 12.7 Å². The summed E-state index contributed by atoms with van der Waals surface area (Å²) in [4.78, 5) is 22.5. The SMILES string of the molecule is C=CC(=O)OC(C)C(=O)NC1CCCCC1. The van der Waals surface area contributed by atoms with Gasteiger partial charge < -0.3 is 10.1 Å². The first-order chi connectivity index (χ1) is 7.63. The minimum atomic E-state index is -0.743. The fourth-order valence-electron chi connectivity index (χ4n) is 1.84. The minimum Gasteiger partial charge on any atom is -0.449 e. The van der Waals surface area contributed by atoms with E-state index in [0.29, 0.717) is 0 Å². The summed E-state index contributed by atoms with van der Waals surface area (Å²) < 4.78 is 4.83. The first-order valence-electron chi connectivity index (χ1n) is 5.77. The second-order valence-corrected chi connectivity index (χ2v) is 4.13. The third kappa shape index (κ3) is 4.04. The molecule has 0 aliphatic heterocycles. The van der Waals surface area contributed by atoms with Gasteiger partial charge in [-0.05, 0) is 19.8 Å². The van der Waals surface area contributed by atoms with Gasteiger partial charge in [-0.1, -0.05) is 25.8 Å². The number of carbonyl (C=O) groups is 2. The summed E-state index contributed by atoms with van der Waals surface area (Å²) in [6, 6.07) is 0.242. The number of carbonyl (C=O) groups excluding carboxylic acids is 2. The van der Waals surface area contributed by atoms with Crippen molar-refractivity contribution in [2.45, 2.75) is 51.2 Å². The molecular formula is C12H19NO3. The Balaban J connectivity index is 2.32. The van der Waals surface area contributed by atoms with Crippen LogP contribution in [-0.2, 0) is 14.3 Å². The van der Waals surface area contributed by atoms with Crippen LogP contribution < -0.4 is 5.32 Å². The number of hydrogen-bond acceptors (Lipinski definition) is 3. The van der Waals surface area contributed by atoms with Crippen LogP contribution in [0.4, 0.5) is 0 Å². The Labute approximate surface area is 96.0 Å². The summed E-state index contributed by atoms with van der Waals surface area (Å²) in [6.07, 6.45) is 5.92. The number of rotatable bonds is 4. The minimum absolute atomic E-state index is 0.220. The molecule has 0 aromatic carbocycles.